The van der Waals surface area contributed by atoms with E-state index in [-0.39, 0.29) is 38.7 Å². The molecule has 0 saturated carbocycles. The first-order valence-corrected chi connectivity index (χ1v) is 11.4. The van der Waals surface area contributed by atoms with Gasteiger partial charge in [-0.15, -0.1) is 0 Å². The first-order valence-electron chi connectivity index (χ1n) is 11.0. The molecule has 3 aromatic carbocycles. The number of hydrogen-bond acceptors (Lipinski definition) is 4. The van der Waals surface area contributed by atoms with Crippen LogP contribution in [-0.2, 0) is 5.67 Å². The van der Waals surface area contributed by atoms with Crippen LogP contribution >= 0.6 is 11.6 Å². The Balaban J connectivity index is 1.88. The molecular weight excluding hydrogens is 575 g/mol. The Labute approximate surface area is 226 Å². The van der Waals surface area contributed by atoms with Crippen molar-refractivity contribution in [3.8, 4) is 0 Å². The summed E-state index contributed by atoms with van der Waals surface area (Å²) in [6, 6.07) is 9.23. The van der Waals surface area contributed by atoms with Crippen molar-refractivity contribution in [2.75, 3.05) is 10.6 Å². The molecule has 0 radical (unpaired) electrons. The lowest BCUT2D eigenvalue weighted by molar-refractivity contribution is -0.385. The minimum atomic E-state index is -6.30. The summed E-state index contributed by atoms with van der Waals surface area (Å²) in [5.74, 6) is -1.77. The predicted molar refractivity (Wildman–Crippen MR) is 131 cm³/mol. The number of nitro groups is 1. The van der Waals surface area contributed by atoms with Crippen LogP contribution < -0.4 is 10.6 Å². The van der Waals surface area contributed by atoms with Gasteiger partial charge in [-0.3, -0.25) is 19.7 Å². The number of carbonyl (C=O) groups excluding carboxylic acids is 2. The third-order valence-electron chi connectivity index (χ3n) is 5.73. The predicted octanol–water partition coefficient (Wildman–Crippen LogP) is 7.66. The summed E-state index contributed by atoms with van der Waals surface area (Å²) in [7, 11) is 0. The Bertz CT molecular complexity index is 1470. The van der Waals surface area contributed by atoms with E-state index in [0.717, 1.165) is 26.0 Å². The molecule has 3 rings (SSSR count). The number of alkyl halides is 7. The SMILES string of the molecule is Cc1cc(C(F)(C(F)(F)F)C(F)(F)F)cc(C)c1NC(=O)c1cccc(NC(=O)c2ccc(Cl)cc2[N+](=O)[O-])c1. The molecule has 2 N–H and O–H groups in total. The van der Waals surface area contributed by atoms with E-state index in [2.05, 4.69) is 10.6 Å². The molecule has 2 amide bonds. The van der Waals surface area contributed by atoms with Crippen LogP contribution in [0.3, 0.4) is 0 Å². The van der Waals surface area contributed by atoms with Crippen molar-refractivity contribution < 1.29 is 45.2 Å². The quantitative estimate of drug-likeness (QED) is 0.175. The molecule has 7 nitrogen and oxygen atoms in total. The van der Waals surface area contributed by atoms with Crippen LogP contribution in [0.1, 0.15) is 37.4 Å². The second kappa shape index (κ2) is 10.8. The maximum atomic E-state index is 14.5. The molecule has 0 aliphatic rings. The molecule has 0 aliphatic carbocycles. The van der Waals surface area contributed by atoms with Gasteiger partial charge in [-0.1, -0.05) is 29.8 Å². The summed E-state index contributed by atoms with van der Waals surface area (Å²) in [4.78, 5) is 35.9. The fourth-order valence-corrected chi connectivity index (χ4v) is 3.98. The highest BCUT2D eigenvalue weighted by atomic mass is 35.5. The van der Waals surface area contributed by atoms with E-state index < -0.39 is 46.0 Å². The van der Waals surface area contributed by atoms with Gasteiger partial charge in [0.1, 0.15) is 5.56 Å². The highest BCUT2D eigenvalue weighted by molar-refractivity contribution is 6.31. The summed E-state index contributed by atoms with van der Waals surface area (Å²) in [5.41, 5.74) is -9.01. The van der Waals surface area contributed by atoms with Gasteiger partial charge in [0.25, 0.3) is 17.5 Å². The van der Waals surface area contributed by atoms with Gasteiger partial charge in [0.15, 0.2) is 0 Å². The molecule has 0 bridgehead atoms. The van der Waals surface area contributed by atoms with Crippen LogP contribution in [0.5, 0.6) is 0 Å². The first-order chi connectivity index (χ1) is 18.4. The third kappa shape index (κ3) is 5.86. The van der Waals surface area contributed by atoms with E-state index in [0.29, 0.717) is 12.1 Å². The number of aryl methyl sites for hydroxylation is 2. The molecule has 0 aromatic heterocycles. The molecule has 212 valence electrons. The largest absolute Gasteiger partial charge is 0.435 e. The van der Waals surface area contributed by atoms with Crippen molar-refractivity contribution in [3.63, 3.8) is 0 Å². The van der Waals surface area contributed by atoms with Crippen LogP contribution in [0.25, 0.3) is 0 Å². The van der Waals surface area contributed by atoms with E-state index in [4.69, 9.17) is 11.6 Å². The molecule has 0 unspecified atom stereocenters. The number of hydrogen-bond donors (Lipinski definition) is 2. The van der Waals surface area contributed by atoms with Crippen molar-refractivity contribution in [1.29, 1.82) is 0 Å². The minimum absolute atomic E-state index is 0.0227. The summed E-state index contributed by atoms with van der Waals surface area (Å²) in [5, 5.41) is 16.0. The van der Waals surface area contributed by atoms with Crippen molar-refractivity contribution in [2.45, 2.75) is 31.9 Å². The zero-order chi connectivity index (χ0) is 30.2. The number of halogens is 8. The first kappa shape index (κ1) is 30.3. The van der Waals surface area contributed by atoms with Crippen LogP contribution in [-0.4, -0.2) is 29.1 Å². The molecule has 0 heterocycles. The lowest BCUT2D eigenvalue weighted by Crippen LogP contribution is -2.50. The standard InChI is InChI=1S/C25H17ClF7N3O4/c1-12-8-15(23(27,24(28,29)30)25(31,32)33)9-13(2)20(12)35-21(37)14-4-3-5-17(10-14)34-22(38)18-7-6-16(26)11-19(18)36(39)40/h3-11H,1-2H3,(H,34,38)(H,35,37). The molecular formula is C25H17ClF7N3O4. The number of amides is 2. The van der Waals surface area contributed by atoms with Gasteiger partial charge >= 0.3 is 18.0 Å². The normalized spacial score (nSPS) is 12.2. The average Bonchev–Trinajstić information content (AvgIpc) is 2.84. The highest BCUT2D eigenvalue weighted by Gasteiger charge is 2.73. The monoisotopic (exact) mass is 591 g/mol. The van der Waals surface area contributed by atoms with Crippen LogP contribution in [0.2, 0.25) is 5.02 Å². The molecule has 40 heavy (non-hydrogen) atoms. The number of benzene rings is 3. The van der Waals surface area contributed by atoms with Gasteiger partial charge in [0, 0.05) is 33.6 Å². The molecule has 0 spiro atoms. The van der Waals surface area contributed by atoms with E-state index in [1.807, 2.05) is 0 Å². The second-order valence-electron chi connectivity index (χ2n) is 8.55. The zero-order valence-corrected chi connectivity index (χ0v) is 21.1. The van der Waals surface area contributed by atoms with Gasteiger partial charge in [0.2, 0.25) is 0 Å². The van der Waals surface area contributed by atoms with Crippen LogP contribution in [0.4, 0.5) is 47.8 Å². The number of nitrogens with zero attached hydrogens (tertiary/aromatic N) is 1. The average molecular weight is 592 g/mol. The van der Waals surface area contributed by atoms with Gasteiger partial charge in [-0.05, 0) is 55.3 Å². The molecule has 3 aromatic rings. The minimum Gasteiger partial charge on any atom is -0.322 e. The summed E-state index contributed by atoms with van der Waals surface area (Å²) < 4.78 is 93.5. The third-order valence-corrected chi connectivity index (χ3v) is 5.97. The summed E-state index contributed by atoms with van der Waals surface area (Å²) in [6.07, 6.45) is -12.6. The van der Waals surface area contributed by atoms with Gasteiger partial charge in [-0.2, -0.15) is 26.3 Å². The lowest BCUT2D eigenvalue weighted by atomic mass is 9.90. The number of carbonyl (C=O) groups is 2. The maximum Gasteiger partial charge on any atom is 0.435 e. The summed E-state index contributed by atoms with van der Waals surface area (Å²) >= 11 is 5.74. The van der Waals surface area contributed by atoms with E-state index in [9.17, 15) is 50.4 Å². The van der Waals surface area contributed by atoms with Crippen molar-refractivity contribution in [1.82, 2.24) is 0 Å². The van der Waals surface area contributed by atoms with Crippen LogP contribution in [0.15, 0.2) is 54.6 Å². The van der Waals surface area contributed by atoms with Crippen LogP contribution in [0, 0.1) is 24.0 Å². The van der Waals surface area contributed by atoms with Gasteiger partial charge in [-0.25, -0.2) is 4.39 Å². The van der Waals surface area contributed by atoms with E-state index in [1.165, 1.54) is 30.3 Å². The second-order valence-corrected chi connectivity index (χ2v) is 8.98. The topological polar surface area (TPSA) is 101 Å². The zero-order valence-electron chi connectivity index (χ0n) is 20.3. The number of rotatable bonds is 6. The number of nitro benzene ring substituents is 1. The number of anilines is 2. The molecule has 0 saturated heterocycles. The lowest BCUT2D eigenvalue weighted by Gasteiger charge is -2.31. The van der Waals surface area contributed by atoms with Crippen molar-refractivity contribution >= 4 is 40.5 Å². The van der Waals surface area contributed by atoms with E-state index >= 15 is 0 Å². The fourth-order valence-electron chi connectivity index (χ4n) is 3.82. The molecule has 15 heteroatoms. The van der Waals surface area contributed by atoms with Gasteiger partial charge in [0.05, 0.1) is 4.92 Å². The number of nitrogens with one attached hydrogen (secondary N) is 2. The van der Waals surface area contributed by atoms with Crippen molar-refractivity contribution in [2.24, 2.45) is 0 Å². The summed E-state index contributed by atoms with van der Waals surface area (Å²) in [6.45, 7) is 2.18. The van der Waals surface area contributed by atoms with Gasteiger partial charge < -0.3 is 10.6 Å². The Hall–Kier alpha value is -4.20. The van der Waals surface area contributed by atoms with E-state index in [1.54, 1.807) is 0 Å². The smallest absolute Gasteiger partial charge is 0.322 e. The van der Waals surface area contributed by atoms with Crippen molar-refractivity contribution in [3.05, 3.63) is 97.6 Å². The Kier molecular flexibility index (Phi) is 8.16. The Morgan fingerprint density at radius 2 is 1.40 bits per heavy atom. The highest BCUT2D eigenvalue weighted by Crippen LogP contribution is 2.53. The Morgan fingerprint density at radius 3 is 1.93 bits per heavy atom. The fraction of sp³-hybridized carbons (Fsp3) is 0.200. The maximum absolute atomic E-state index is 14.5. The Morgan fingerprint density at radius 1 is 0.825 bits per heavy atom. The molecule has 0 fully saturated rings. The molecule has 0 atom stereocenters. The molecule has 0 aliphatic heterocycles.